The Morgan fingerprint density at radius 2 is 1.48 bits per heavy atom. The van der Waals surface area contributed by atoms with Crippen molar-refractivity contribution in [2.24, 2.45) is 0 Å². The summed E-state index contributed by atoms with van der Waals surface area (Å²) in [5, 5.41) is 2.92. The molecule has 23 heavy (non-hydrogen) atoms. The SMILES string of the molecule is FCCNc1cncc(N(c2ccccc2)c2ccccc2)n1. The monoisotopic (exact) mass is 308 g/mol. The molecule has 0 unspecified atom stereocenters. The van der Waals surface area contributed by atoms with E-state index >= 15 is 0 Å². The summed E-state index contributed by atoms with van der Waals surface area (Å²) in [4.78, 5) is 10.8. The van der Waals surface area contributed by atoms with Crippen LogP contribution in [0.5, 0.6) is 0 Å². The highest BCUT2D eigenvalue weighted by molar-refractivity contribution is 5.74. The quantitative estimate of drug-likeness (QED) is 0.736. The molecule has 0 saturated heterocycles. The molecule has 0 atom stereocenters. The number of hydrogen-bond donors (Lipinski definition) is 1. The lowest BCUT2D eigenvalue weighted by Gasteiger charge is -2.24. The highest BCUT2D eigenvalue weighted by atomic mass is 19.1. The van der Waals surface area contributed by atoms with Gasteiger partial charge in [0.15, 0.2) is 5.82 Å². The fourth-order valence-corrected chi connectivity index (χ4v) is 2.29. The Bertz CT molecular complexity index is 695. The van der Waals surface area contributed by atoms with Crippen molar-refractivity contribution in [3.05, 3.63) is 73.1 Å². The average molecular weight is 308 g/mol. The molecule has 0 fully saturated rings. The first kappa shape index (κ1) is 15.0. The van der Waals surface area contributed by atoms with Crippen LogP contribution in [0.25, 0.3) is 0 Å². The summed E-state index contributed by atoms with van der Waals surface area (Å²) in [5.74, 6) is 1.23. The molecule has 0 amide bonds. The van der Waals surface area contributed by atoms with Crippen LogP contribution in [-0.2, 0) is 0 Å². The molecule has 4 nitrogen and oxygen atoms in total. The highest BCUT2D eigenvalue weighted by Gasteiger charge is 2.13. The lowest BCUT2D eigenvalue weighted by atomic mass is 10.2. The van der Waals surface area contributed by atoms with E-state index in [-0.39, 0.29) is 6.54 Å². The molecular weight excluding hydrogens is 291 g/mol. The van der Waals surface area contributed by atoms with E-state index in [2.05, 4.69) is 15.3 Å². The second kappa shape index (κ2) is 7.35. The third kappa shape index (κ3) is 3.63. The van der Waals surface area contributed by atoms with Crippen LogP contribution in [-0.4, -0.2) is 23.2 Å². The van der Waals surface area contributed by atoms with Gasteiger partial charge < -0.3 is 5.32 Å². The minimum absolute atomic E-state index is 0.217. The molecule has 5 heteroatoms. The number of alkyl halides is 1. The summed E-state index contributed by atoms with van der Waals surface area (Å²) in [5.41, 5.74) is 1.96. The van der Waals surface area contributed by atoms with E-state index in [1.807, 2.05) is 65.6 Å². The third-order valence-electron chi connectivity index (χ3n) is 3.28. The lowest BCUT2D eigenvalue weighted by molar-refractivity contribution is 0.512. The van der Waals surface area contributed by atoms with E-state index in [0.717, 1.165) is 11.4 Å². The topological polar surface area (TPSA) is 41.1 Å². The van der Waals surface area contributed by atoms with Crippen LogP contribution in [0.2, 0.25) is 0 Å². The normalized spacial score (nSPS) is 10.3. The number of anilines is 4. The number of aromatic nitrogens is 2. The number of rotatable bonds is 6. The first-order valence-corrected chi connectivity index (χ1v) is 7.40. The lowest BCUT2D eigenvalue weighted by Crippen LogP contribution is -2.13. The summed E-state index contributed by atoms with van der Waals surface area (Å²) in [7, 11) is 0. The molecule has 0 bridgehead atoms. The van der Waals surface area contributed by atoms with Crippen LogP contribution in [0.1, 0.15) is 0 Å². The molecule has 1 N–H and O–H groups in total. The molecule has 1 aromatic heterocycles. The van der Waals surface area contributed by atoms with Crippen molar-refractivity contribution in [1.82, 2.24) is 9.97 Å². The van der Waals surface area contributed by atoms with Crippen molar-refractivity contribution in [2.45, 2.75) is 0 Å². The van der Waals surface area contributed by atoms with Gasteiger partial charge in [-0.15, -0.1) is 0 Å². The Morgan fingerprint density at radius 3 is 2.04 bits per heavy atom. The van der Waals surface area contributed by atoms with Crippen LogP contribution < -0.4 is 10.2 Å². The minimum atomic E-state index is -0.451. The van der Waals surface area contributed by atoms with E-state index in [1.165, 1.54) is 0 Å². The molecular formula is C18H17FN4. The molecule has 0 aliphatic heterocycles. The summed E-state index contributed by atoms with van der Waals surface area (Å²) in [6.45, 7) is -0.234. The molecule has 3 aromatic rings. The zero-order valence-electron chi connectivity index (χ0n) is 12.6. The number of para-hydroxylation sites is 2. The smallest absolute Gasteiger partial charge is 0.158 e. The van der Waals surface area contributed by atoms with Gasteiger partial charge in [-0.3, -0.25) is 9.88 Å². The number of nitrogens with one attached hydrogen (secondary N) is 1. The molecule has 2 aromatic carbocycles. The van der Waals surface area contributed by atoms with Gasteiger partial charge in [0.05, 0.1) is 12.4 Å². The summed E-state index contributed by atoms with van der Waals surface area (Å²) in [6, 6.07) is 19.9. The zero-order chi connectivity index (χ0) is 15.9. The Morgan fingerprint density at radius 1 is 0.870 bits per heavy atom. The summed E-state index contributed by atoms with van der Waals surface area (Å²) >= 11 is 0. The minimum Gasteiger partial charge on any atom is -0.366 e. The van der Waals surface area contributed by atoms with Crippen LogP contribution in [0.4, 0.5) is 27.4 Å². The maximum atomic E-state index is 12.3. The molecule has 1 heterocycles. The Labute approximate surface area is 134 Å². The Balaban J connectivity index is 2.02. The largest absolute Gasteiger partial charge is 0.366 e. The third-order valence-corrected chi connectivity index (χ3v) is 3.28. The standard InChI is InChI=1S/C18H17FN4/c19-11-12-21-17-13-20-14-18(22-17)23(15-7-3-1-4-8-15)16-9-5-2-6-10-16/h1-10,13-14H,11-12H2,(H,21,22). The van der Waals surface area contributed by atoms with Gasteiger partial charge in [0.25, 0.3) is 0 Å². The van der Waals surface area contributed by atoms with E-state index in [0.29, 0.717) is 11.6 Å². The number of hydrogen-bond acceptors (Lipinski definition) is 4. The van der Waals surface area contributed by atoms with Crippen molar-refractivity contribution >= 4 is 23.0 Å². The van der Waals surface area contributed by atoms with Crippen LogP contribution in [0.3, 0.4) is 0 Å². The van der Waals surface area contributed by atoms with Crippen LogP contribution in [0, 0.1) is 0 Å². The first-order chi connectivity index (χ1) is 11.4. The highest BCUT2D eigenvalue weighted by Crippen LogP contribution is 2.32. The Kier molecular flexibility index (Phi) is 4.79. The maximum Gasteiger partial charge on any atom is 0.158 e. The van der Waals surface area contributed by atoms with E-state index in [9.17, 15) is 4.39 Å². The van der Waals surface area contributed by atoms with E-state index in [4.69, 9.17) is 0 Å². The predicted octanol–water partition coefficient (Wildman–Crippen LogP) is 4.33. The van der Waals surface area contributed by atoms with Crippen molar-refractivity contribution in [3.8, 4) is 0 Å². The Hall–Kier alpha value is -2.95. The van der Waals surface area contributed by atoms with E-state index < -0.39 is 6.67 Å². The van der Waals surface area contributed by atoms with Gasteiger partial charge in [0, 0.05) is 17.9 Å². The van der Waals surface area contributed by atoms with Crippen molar-refractivity contribution in [2.75, 3.05) is 23.4 Å². The van der Waals surface area contributed by atoms with Gasteiger partial charge in [-0.2, -0.15) is 0 Å². The number of benzene rings is 2. The molecule has 3 rings (SSSR count). The van der Waals surface area contributed by atoms with Gasteiger partial charge in [-0.1, -0.05) is 36.4 Å². The molecule has 0 aliphatic carbocycles. The molecule has 0 spiro atoms. The summed E-state index contributed by atoms with van der Waals surface area (Å²) in [6.07, 6.45) is 3.29. The van der Waals surface area contributed by atoms with Crippen molar-refractivity contribution in [3.63, 3.8) is 0 Å². The van der Waals surface area contributed by atoms with Gasteiger partial charge >= 0.3 is 0 Å². The zero-order valence-corrected chi connectivity index (χ0v) is 12.6. The fourth-order valence-electron chi connectivity index (χ4n) is 2.29. The maximum absolute atomic E-state index is 12.3. The predicted molar refractivity (Wildman–Crippen MR) is 91.2 cm³/mol. The van der Waals surface area contributed by atoms with Crippen LogP contribution >= 0.6 is 0 Å². The number of halogens is 1. The molecule has 0 radical (unpaired) electrons. The second-order valence-electron chi connectivity index (χ2n) is 4.88. The van der Waals surface area contributed by atoms with Gasteiger partial charge in [-0.05, 0) is 24.3 Å². The van der Waals surface area contributed by atoms with Gasteiger partial charge in [0.2, 0.25) is 0 Å². The molecule has 116 valence electrons. The van der Waals surface area contributed by atoms with Gasteiger partial charge in [0.1, 0.15) is 12.5 Å². The van der Waals surface area contributed by atoms with Gasteiger partial charge in [-0.25, -0.2) is 9.37 Å². The number of nitrogens with zero attached hydrogens (tertiary/aromatic N) is 3. The average Bonchev–Trinajstić information content (AvgIpc) is 2.62. The van der Waals surface area contributed by atoms with Crippen LogP contribution in [0.15, 0.2) is 73.1 Å². The van der Waals surface area contributed by atoms with Crippen molar-refractivity contribution < 1.29 is 4.39 Å². The fraction of sp³-hybridized carbons (Fsp3) is 0.111. The summed E-state index contributed by atoms with van der Waals surface area (Å²) < 4.78 is 12.3. The van der Waals surface area contributed by atoms with Crippen molar-refractivity contribution in [1.29, 1.82) is 0 Å². The molecule has 0 saturated carbocycles. The first-order valence-electron chi connectivity index (χ1n) is 7.40. The van der Waals surface area contributed by atoms with E-state index in [1.54, 1.807) is 12.4 Å². The second-order valence-corrected chi connectivity index (χ2v) is 4.88. The molecule has 0 aliphatic rings.